The largest absolute Gasteiger partial charge is 0.454 e. The molecule has 0 unspecified atom stereocenters. The normalized spacial score (nSPS) is 16.5. The SMILES string of the molecule is O=C(NCCN1C(=O)CSC1=O)c1ccc2c(c1)OCO2. The van der Waals surface area contributed by atoms with Crippen molar-refractivity contribution in [2.45, 2.75) is 0 Å². The molecule has 1 fully saturated rings. The first kappa shape index (κ1) is 13.7. The van der Waals surface area contributed by atoms with Crippen LogP contribution in [0, 0.1) is 0 Å². The van der Waals surface area contributed by atoms with Crippen LogP contribution in [-0.4, -0.2) is 47.6 Å². The van der Waals surface area contributed by atoms with Crippen molar-refractivity contribution in [3.63, 3.8) is 0 Å². The molecule has 2 heterocycles. The summed E-state index contributed by atoms with van der Waals surface area (Å²) >= 11 is 0.976. The molecule has 0 spiro atoms. The van der Waals surface area contributed by atoms with Crippen LogP contribution in [0.2, 0.25) is 0 Å². The number of nitrogens with one attached hydrogen (secondary N) is 1. The van der Waals surface area contributed by atoms with Crippen molar-refractivity contribution in [3.8, 4) is 11.5 Å². The molecule has 1 saturated heterocycles. The smallest absolute Gasteiger partial charge is 0.288 e. The standard InChI is InChI=1S/C13H12N2O5S/c16-11-6-21-13(18)15(11)4-3-14-12(17)8-1-2-9-10(5-8)20-7-19-9/h1-2,5H,3-4,6-7H2,(H,14,17). The van der Waals surface area contributed by atoms with E-state index in [1.165, 1.54) is 0 Å². The number of hydrogen-bond donors (Lipinski definition) is 1. The van der Waals surface area contributed by atoms with E-state index in [2.05, 4.69) is 5.32 Å². The van der Waals surface area contributed by atoms with Crippen LogP contribution >= 0.6 is 11.8 Å². The van der Waals surface area contributed by atoms with Gasteiger partial charge in [0.25, 0.3) is 11.1 Å². The lowest BCUT2D eigenvalue weighted by Crippen LogP contribution is -2.37. The number of rotatable bonds is 4. The van der Waals surface area contributed by atoms with E-state index < -0.39 is 0 Å². The van der Waals surface area contributed by atoms with E-state index in [1.54, 1.807) is 18.2 Å². The molecule has 0 saturated carbocycles. The number of imide groups is 1. The van der Waals surface area contributed by atoms with Crippen molar-refractivity contribution in [1.82, 2.24) is 10.2 Å². The topological polar surface area (TPSA) is 84.9 Å². The van der Waals surface area contributed by atoms with Crippen molar-refractivity contribution in [2.75, 3.05) is 25.6 Å². The van der Waals surface area contributed by atoms with Gasteiger partial charge in [-0.1, -0.05) is 11.8 Å². The van der Waals surface area contributed by atoms with E-state index >= 15 is 0 Å². The van der Waals surface area contributed by atoms with Crippen LogP contribution in [0.5, 0.6) is 11.5 Å². The third-order valence-electron chi connectivity index (χ3n) is 3.10. The maximum atomic E-state index is 12.0. The van der Waals surface area contributed by atoms with Crippen LogP contribution in [-0.2, 0) is 4.79 Å². The fraction of sp³-hybridized carbons (Fsp3) is 0.308. The van der Waals surface area contributed by atoms with E-state index in [4.69, 9.17) is 9.47 Å². The minimum atomic E-state index is -0.292. The summed E-state index contributed by atoms with van der Waals surface area (Å²) in [5, 5.41) is 2.40. The highest BCUT2D eigenvalue weighted by Gasteiger charge is 2.29. The lowest BCUT2D eigenvalue weighted by Gasteiger charge is -2.13. The van der Waals surface area contributed by atoms with Crippen LogP contribution in [0.3, 0.4) is 0 Å². The molecule has 21 heavy (non-hydrogen) atoms. The molecule has 1 aromatic rings. The Bertz CT molecular complexity index is 603. The molecule has 8 heteroatoms. The van der Waals surface area contributed by atoms with Gasteiger partial charge in [0.05, 0.1) is 5.75 Å². The molecule has 1 N–H and O–H groups in total. The molecule has 1 aromatic carbocycles. The summed E-state index contributed by atoms with van der Waals surface area (Å²) in [5.74, 6) is 0.803. The first-order chi connectivity index (χ1) is 10.1. The zero-order chi connectivity index (χ0) is 14.8. The maximum absolute atomic E-state index is 12.0. The second-order valence-corrected chi connectivity index (χ2v) is 5.35. The maximum Gasteiger partial charge on any atom is 0.288 e. The van der Waals surface area contributed by atoms with Gasteiger partial charge in [0.1, 0.15) is 0 Å². The second kappa shape index (κ2) is 5.65. The van der Waals surface area contributed by atoms with Crippen LogP contribution in [0.4, 0.5) is 4.79 Å². The Morgan fingerprint density at radius 2 is 2.10 bits per heavy atom. The van der Waals surface area contributed by atoms with Gasteiger partial charge in [0.2, 0.25) is 12.7 Å². The number of hydrogen-bond acceptors (Lipinski definition) is 6. The summed E-state index contributed by atoms with van der Waals surface area (Å²) < 4.78 is 10.4. The Morgan fingerprint density at radius 1 is 1.29 bits per heavy atom. The first-order valence-electron chi connectivity index (χ1n) is 6.30. The van der Waals surface area contributed by atoms with Crippen LogP contribution < -0.4 is 14.8 Å². The predicted molar refractivity (Wildman–Crippen MR) is 74.5 cm³/mol. The van der Waals surface area contributed by atoms with Gasteiger partial charge in [-0.2, -0.15) is 0 Å². The molecule has 0 aliphatic carbocycles. The fourth-order valence-corrected chi connectivity index (χ4v) is 2.77. The minimum absolute atomic E-state index is 0.150. The molecule has 0 atom stereocenters. The summed E-state index contributed by atoms with van der Waals surface area (Å²) in [6.07, 6.45) is 0. The lowest BCUT2D eigenvalue weighted by atomic mass is 10.2. The molecule has 0 radical (unpaired) electrons. The van der Waals surface area contributed by atoms with E-state index in [0.29, 0.717) is 17.1 Å². The number of nitrogens with zero attached hydrogens (tertiary/aromatic N) is 1. The van der Waals surface area contributed by atoms with Gasteiger partial charge in [-0.05, 0) is 18.2 Å². The predicted octanol–water partition coefficient (Wildman–Crippen LogP) is 0.841. The molecule has 2 aliphatic heterocycles. The van der Waals surface area contributed by atoms with E-state index in [1.807, 2.05) is 0 Å². The van der Waals surface area contributed by atoms with E-state index in [-0.39, 0.29) is 42.7 Å². The Morgan fingerprint density at radius 3 is 2.86 bits per heavy atom. The number of thioether (sulfide) groups is 1. The Kier molecular flexibility index (Phi) is 3.70. The van der Waals surface area contributed by atoms with Crippen molar-refractivity contribution >= 4 is 28.8 Å². The molecular weight excluding hydrogens is 296 g/mol. The van der Waals surface area contributed by atoms with Gasteiger partial charge in [-0.25, -0.2) is 0 Å². The molecule has 110 valence electrons. The molecular formula is C13H12N2O5S. The first-order valence-corrected chi connectivity index (χ1v) is 7.28. The van der Waals surface area contributed by atoms with E-state index in [0.717, 1.165) is 16.7 Å². The van der Waals surface area contributed by atoms with Gasteiger partial charge in [0, 0.05) is 18.7 Å². The average molecular weight is 308 g/mol. The van der Waals surface area contributed by atoms with Gasteiger partial charge >= 0.3 is 0 Å². The Labute approximate surface area is 124 Å². The quantitative estimate of drug-likeness (QED) is 0.887. The summed E-state index contributed by atoms with van der Waals surface area (Å²) in [6.45, 7) is 0.545. The fourth-order valence-electron chi connectivity index (χ4n) is 2.02. The van der Waals surface area contributed by atoms with Crippen molar-refractivity contribution in [3.05, 3.63) is 23.8 Å². The molecule has 3 amide bonds. The number of carbonyl (C=O) groups excluding carboxylic acids is 3. The van der Waals surface area contributed by atoms with E-state index in [9.17, 15) is 14.4 Å². The van der Waals surface area contributed by atoms with Crippen molar-refractivity contribution < 1.29 is 23.9 Å². The minimum Gasteiger partial charge on any atom is -0.454 e. The monoisotopic (exact) mass is 308 g/mol. The Balaban J connectivity index is 1.55. The highest BCUT2D eigenvalue weighted by molar-refractivity contribution is 8.14. The van der Waals surface area contributed by atoms with Gasteiger partial charge in [0.15, 0.2) is 11.5 Å². The number of ether oxygens (including phenoxy) is 2. The number of amides is 3. The highest BCUT2D eigenvalue weighted by atomic mass is 32.2. The third-order valence-corrected chi connectivity index (χ3v) is 3.95. The molecule has 0 bridgehead atoms. The highest BCUT2D eigenvalue weighted by Crippen LogP contribution is 2.32. The Hall–Kier alpha value is -2.22. The third kappa shape index (κ3) is 2.80. The molecule has 0 aromatic heterocycles. The molecule has 3 rings (SSSR count). The molecule has 2 aliphatic rings. The van der Waals surface area contributed by atoms with Gasteiger partial charge in [-0.3, -0.25) is 19.3 Å². The van der Waals surface area contributed by atoms with Crippen LogP contribution in [0.25, 0.3) is 0 Å². The van der Waals surface area contributed by atoms with Gasteiger partial charge in [-0.15, -0.1) is 0 Å². The van der Waals surface area contributed by atoms with Gasteiger partial charge < -0.3 is 14.8 Å². The summed E-state index contributed by atoms with van der Waals surface area (Å²) in [7, 11) is 0. The lowest BCUT2D eigenvalue weighted by molar-refractivity contribution is -0.124. The van der Waals surface area contributed by atoms with Crippen molar-refractivity contribution in [2.24, 2.45) is 0 Å². The number of carbonyl (C=O) groups is 3. The summed E-state index contributed by atoms with van der Waals surface area (Å²) in [6, 6.07) is 4.89. The zero-order valence-electron chi connectivity index (χ0n) is 11.0. The second-order valence-electron chi connectivity index (χ2n) is 4.42. The van der Waals surface area contributed by atoms with Crippen LogP contribution in [0.15, 0.2) is 18.2 Å². The number of benzene rings is 1. The molecule has 7 nitrogen and oxygen atoms in total. The van der Waals surface area contributed by atoms with Crippen LogP contribution in [0.1, 0.15) is 10.4 Å². The average Bonchev–Trinajstić information content (AvgIpc) is 3.07. The summed E-state index contributed by atoms with van der Waals surface area (Å²) in [5.41, 5.74) is 0.438. The van der Waals surface area contributed by atoms with Crippen molar-refractivity contribution in [1.29, 1.82) is 0 Å². The summed E-state index contributed by atoms with van der Waals surface area (Å²) in [4.78, 5) is 35.9. The zero-order valence-corrected chi connectivity index (χ0v) is 11.8. The number of fused-ring (bicyclic) bond motifs is 1.